The molecule has 26 heavy (non-hydrogen) atoms. The maximum Gasteiger partial charge on any atom is 0.274 e. The lowest BCUT2D eigenvalue weighted by Gasteiger charge is -2.26. The third-order valence-electron chi connectivity index (χ3n) is 4.42. The van der Waals surface area contributed by atoms with Crippen LogP contribution in [0, 0.1) is 5.82 Å². The number of sulfonamides is 1. The van der Waals surface area contributed by atoms with Gasteiger partial charge in [-0.25, -0.2) is 12.8 Å². The molecule has 0 aliphatic heterocycles. The summed E-state index contributed by atoms with van der Waals surface area (Å²) in [4.78, 5) is 12.5. The van der Waals surface area contributed by atoms with Gasteiger partial charge in [0.2, 0.25) is 5.91 Å². The molecule has 0 bridgehead atoms. The number of thiophene rings is 1. The Morgan fingerprint density at radius 2 is 1.88 bits per heavy atom. The summed E-state index contributed by atoms with van der Waals surface area (Å²) in [5, 5.41) is 4.53. The second-order valence-corrected chi connectivity index (χ2v) is 9.33. The predicted molar refractivity (Wildman–Crippen MR) is 100 cm³/mol. The van der Waals surface area contributed by atoms with Crippen LogP contribution in [0.3, 0.4) is 0 Å². The standard InChI is InChI=1S/C18H21FN2O3S2/c19-15-9-4-5-10-16(15)21(26(23,24)18-11-6-12-25-18)13-17(22)20-14-7-2-1-3-8-14/h4-6,9-12,14H,1-3,7-8,13H2,(H,20,22). The van der Waals surface area contributed by atoms with Gasteiger partial charge in [-0.05, 0) is 36.4 Å². The fourth-order valence-corrected chi connectivity index (χ4v) is 5.66. The van der Waals surface area contributed by atoms with E-state index in [1.807, 2.05) is 0 Å². The number of anilines is 1. The van der Waals surface area contributed by atoms with E-state index in [4.69, 9.17) is 0 Å². The Labute approximate surface area is 156 Å². The third-order valence-corrected chi connectivity index (χ3v) is 7.55. The summed E-state index contributed by atoms with van der Waals surface area (Å²) in [6.45, 7) is -0.447. The summed E-state index contributed by atoms with van der Waals surface area (Å²) in [5.41, 5.74) is -0.125. The van der Waals surface area contributed by atoms with E-state index in [2.05, 4.69) is 5.32 Å². The number of rotatable bonds is 6. The van der Waals surface area contributed by atoms with Gasteiger partial charge in [0.25, 0.3) is 10.0 Å². The zero-order valence-electron chi connectivity index (χ0n) is 14.2. The molecule has 0 atom stereocenters. The van der Waals surface area contributed by atoms with E-state index >= 15 is 0 Å². The zero-order valence-corrected chi connectivity index (χ0v) is 15.9. The largest absolute Gasteiger partial charge is 0.352 e. The van der Waals surface area contributed by atoms with Crippen LogP contribution in [-0.2, 0) is 14.8 Å². The SMILES string of the molecule is O=C(CN(c1ccccc1F)S(=O)(=O)c1cccs1)NC1CCCCC1. The van der Waals surface area contributed by atoms with Crippen molar-refractivity contribution in [2.24, 2.45) is 0 Å². The lowest BCUT2D eigenvalue weighted by atomic mass is 9.95. The number of hydrogen-bond donors (Lipinski definition) is 1. The summed E-state index contributed by atoms with van der Waals surface area (Å²) in [6.07, 6.45) is 5.04. The maximum absolute atomic E-state index is 14.3. The fraction of sp³-hybridized carbons (Fsp3) is 0.389. The Balaban J connectivity index is 1.86. The van der Waals surface area contributed by atoms with Gasteiger partial charge in [0, 0.05) is 6.04 Å². The Morgan fingerprint density at radius 1 is 1.15 bits per heavy atom. The van der Waals surface area contributed by atoms with E-state index in [1.54, 1.807) is 17.5 Å². The van der Waals surface area contributed by atoms with E-state index in [1.165, 1.54) is 24.3 Å². The highest BCUT2D eigenvalue weighted by molar-refractivity contribution is 7.94. The highest BCUT2D eigenvalue weighted by Crippen LogP contribution is 2.28. The highest BCUT2D eigenvalue weighted by Gasteiger charge is 2.30. The average molecular weight is 397 g/mol. The monoisotopic (exact) mass is 396 g/mol. The molecule has 1 fully saturated rings. The van der Waals surface area contributed by atoms with E-state index in [9.17, 15) is 17.6 Å². The molecule has 1 saturated carbocycles. The van der Waals surface area contributed by atoms with Crippen molar-refractivity contribution in [3.63, 3.8) is 0 Å². The summed E-state index contributed by atoms with van der Waals surface area (Å²) in [6, 6.07) is 8.71. The van der Waals surface area contributed by atoms with Crippen molar-refractivity contribution in [1.29, 1.82) is 0 Å². The summed E-state index contributed by atoms with van der Waals surface area (Å²) in [7, 11) is -4.02. The number of amides is 1. The van der Waals surface area contributed by atoms with Gasteiger partial charge >= 0.3 is 0 Å². The van der Waals surface area contributed by atoms with Crippen LogP contribution in [0.2, 0.25) is 0 Å². The lowest BCUT2D eigenvalue weighted by Crippen LogP contribution is -2.45. The number of benzene rings is 1. The van der Waals surface area contributed by atoms with E-state index in [-0.39, 0.29) is 15.9 Å². The number of carbonyl (C=O) groups excluding carboxylic acids is 1. The summed E-state index contributed by atoms with van der Waals surface area (Å²) >= 11 is 1.04. The first-order valence-corrected chi connectivity index (χ1v) is 10.9. The van der Waals surface area contributed by atoms with E-state index < -0.39 is 28.3 Å². The van der Waals surface area contributed by atoms with Gasteiger partial charge < -0.3 is 5.32 Å². The Bertz CT molecular complexity index is 847. The van der Waals surface area contributed by atoms with Crippen LogP contribution in [0.5, 0.6) is 0 Å². The second kappa shape index (κ2) is 8.18. The Morgan fingerprint density at radius 3 is 2.54 bits per heavy atom. The van der Waals surface area contributed by atoms with Crippen LogP contribution in [0.1, 0.15) is 32.1 Å². The third kappa shape index (κ3) is 4.24. The van der Waals surface area contributed by atoms with Gasteiger partial charge in [-0.15, -0.1) is 11.3 Å². The van der Waals surface area contributed by atoms with Crippen LogP contribution in [-0.4, -0.2) is 26.9 Å². The molecule has 1 aromatic carbocycles. The van der Waals surface area contributed by atoms with Gasteiger partial charge in [0.1, 0.15) is 16.6 Å². The lowest BCUT2D eigenvalue weighted by molar-refractivity contribution is -0.120. The molecular formula is C18H21FN2O3S2. The molecule has 0 unspecified atom stereocenters. The normalized spacial score (nSPS) is 15.6. The Hall–Kier alpha value is -1.93. The van der Waals surface area contributed by atoms with Crippen LogP contribution < -0.4 is 9.62 Å². The topological polar surface area (TPSA) is 66.5 Å². The van der Waals surface area contributed by atoms with Crippen molar-refractivity contribution in [3.05, 3.63) is 47.6 Å². The first kappa shape index (κ1) is 18.8. The summed E-state index contributed by atoms with van der Waals surface area (Å²) < 4.78 is 41.1. The zero-order chi connectivity index (χ0) is 18.6. The number of nitrogens with zero attached hydrogens (tertiary/aromatic N) is 1. The predicted octanol–water partition coefficient (Wildman–Crippen LogP) is 3.53. The quantitative estimate of drug-likeness (QED) is 0.812. The van der Waals surface area contributed by atoms with Gasteiger partial charge in [-0.2, -0.15) is 0 Å². The van der Waals surface area contributed by atoms with Gasteiger partial charge in [0.15, 0.2) is 0 Å². The van der Waals surface area contributed by atoms with Crippen molar-refractivity contribution in [2.45, 2.75) is 42.4 Å². The molecule has 1 aromatic heterocycles. The minimum absolute atomic E-state index is 0.0585. The van der Waals surface area contributed by atoms with Crippen molar-refractivity contribution in [2.75, 3.05) is 10.8 Å². The first-order valence-electron chi connectivity index (χ1n) is 8.58. The molecule has 5 nitrogen and oxygen atoms in total. The molecule has 1 amide bonds. The molecule has 1 aliphatic rings. The molecular weight excluding hydrogens is 375 g/mol. The van der Waals surface area contributed by atoms with Gasteiger partial charge in [-0.3, -0.25) is 9.10 Å². The molecule has 1 aliphatic carbocycles. The van der Waals surface area contributed by atoms with Crippen LogP contribution >= 0.6 is 11.3 Å². The van der Waals surface area contributed by atoms with E-state index in [0.29, 0.717) is 0 Å². The molecule has 0 spiro atoms. The minimum atomic E-state index is -4.02. The van der Waals surface area contributed by atoms with Gasteiger partial charge in [0.05, 0.1) is 5.69 Å². The molecule has 3 rings (SSSR count). The number of hydrogen-bond acceptors (Lipinski definition) is 4. The molecule has 0 radical (unpaired) electrons. The molecule has 140 valence electrons. The minimum Gasteiger partial charge on any atom is -0.352 e. The average Bonchev–Trinajstić information content (AvgIpc) is 3.17. The van der Waals surface area contributed by atoms with E-state index in [0.717, 1.165) is 47.7 Å². The number of nitrogens with one attached hydrogen (secondary N) is 1. The molecule has 1 heterocycles. The van der Waals surface area contributed by atoms with Crippen LogP contribution in [0.15, 0.2) is 46.0 Å². The highest BCUT2D eigenvalue weighted by atomic mass is 32.2. The number of para-hydroxylation sites is 1. The fourth-order valence-electron chi connectivity index (χ4n) is 3.12. The number of carbonyl (C=O) groups is 1. The van der Waals surface area contributed by atoms with Crippen molar-refractivity contribution in [3.8, 4) is 0 Å². The number of halogens is 1. The van der Waals surface area contributed by atoms with Crippen molar-refractivity contribution in [1.82, 2.24) is 5.32 Å². The maximum atomic E-state index is 14.3. The molecule has 0 saturated heterocycles. The van der Waals surface area contributed by atoms with Gasteiger partial charge in [-0.1, -0.05) is 37.5 Å². The molecule has 1 N–H and O–H groups in total. The second-order valence-electron chi connectivity index (χ2n) is 6.30. The van der Waals surface area contributed by atoms with Crippen molar-refractivity contribution < 1.29 is 17.6 Å². The first-order chi connectivity index (χ1) is 12.5. The van der Waals surface area contributed by atoms with Crippen LogP contribution in [0.25, 0.3) is 0 Å². The van der Waals surface area contributed by atoms with Crippen LogP contribution in [0.4, 0.5) is 10.1 Å². The summed E-state index contributed by atoms with van der Waals surface area (Å²) in [5.74, 6) is -1.10. The molecule has 8 heteroatoms. The van der Waals surface area contributed by atoms with Crippen molar-refractivity contribution >= 4 is 33.0 Å². The smallest absolute Gasteiger partial charge is 0.274 e. The Kier molecular flexibility index (Phi) is 5.93. The molecule has 2 aromatic rings.